The molecule has 1 saturated heterocycles. The van der Waals surface area contributed by atoms with Crippen molar-refractivity contribution in [3.05, 3.63) is 0 Å². The van der Waals surface area contributed by atoms with Crippen LogP contribution in [0.15, 0.2) is 0 Å². The van der Waals surface area contributed by atoms with E-state index in [0.29, 0.717) is 12.5 Å². The van der Waals surface area contributed by atoms with Gasteiger partial charge in [0.2, 0.25) is 0 Å². The van der Waals surface area contributed by atoms with Crippen molar-refractivity contribution in [2.24, 2.45) is 23.7 Å². The Bertz CT molecular complexity index is 199. The van der Waals surface area contributed by atoms with E-state index in [1.807, 2.05) is 0 Å². The van der Waals surface area contributed by atoms with Crippen LogP contribution in [0.1, 0.15) is 53.4 Å². The summed E-state index contributed by atoms with van der Waals surface area (Å²) in [6.45, 7) is 10.7. The van der Waals surface area contributed by atoms with E-state index in [-0.39, 0.29) is 0 Å². The molecule has 2 heteroatoms. The summed E-state index contributed by atoms with van der Waals surface area (Å²) in [5.74, 6) is 2.75. The molecule has 0 aliphatic carbocycles. The van der Waals surface area contributed by atoms with Gasteiger partial charge in [0.15, 0.2) is 0 Å². The number of nitrogens with one attached hydrogen (secondary N) is 1. The van der Waals surface area contributed by atoms with Crippen LogP contribution in [-0.4, -0.2) is 24.3 Å². The molecule has 1 aliphatic heterocycles. The van der Waals surface area contributed by atoms with Crippen LogP contribution in [0.3, 0.4) is 0 Å². The van der Waals surface area contributed by atoms with Gasteiger partial charge in [-0.25, -0.2) is 0 Å². The molecule has 3 unspecified atom stereocenters. The Balaban J connectivity index is 2.42. The maximum atomic E-state index is 9.13. The summed E-state index contributed by atoms with van der Waals surface area (Å²) >= 11 is 0. The summed E-state index contributed by atoms with van der Waals surface area (Å²) in [6, 6.07) is 0.738. The van der Waals surface area contributed by atoms with Gasteiger partial charge in [-0.2, -0.15) is 0 Å². The Morgan fingerprint density at radius 3 is 2.29 bits per heavy atom. The molecule has 0 aromatic heterocycles. The van der Waals surface area contributed by atoms with E-state index in [4.69, 9.17) is 5.11 Å². The maximum Gasteiger partial charge on any atom is 0.0456 e. The van der Waals surface area contributed by atoms with Crippen molar-refractivity contribution in [3.8, 4) is 0 Å². The first-order valence-corrected chi connectivity index (χ1v) is 7.38. The Labute approximate surface area is 107 Å². The highest BCUT2D eigenvalue weighted by molar-refractivity contribution is 4.84. The molecule has 0 amide bonds. The fraction of sp³-hybridized carbons (Fsp3) is 1.00. The first-order valence-electron chi connectivity index (χ1n) is 7.38. The lowest BCUT2D eigenvalue weighted by Crippen LogP contribution is -2.35. The smallest absolute Gasteiger partial charge is 0.0456 e. The van der Waals surface area contributed by atoms with Gasteiger partial charge in [-0.05, 0) is 55.9 Å². The van der Waals surface area contributed by atoms with Crippen molar-refractivity contribution in [1.29, 1.82) is 0 Å². The van der Waals surface area contributed by atoms with Crippen LogP contribution in [0.5, 0.6) is 0 Å². The van der Waals surface area contributed by atoms with Crippen molar-refractivity contribution in [3.63, 3.8) is 0 Å². The quantitative estimate of drug-likeness (QED) is 0.718. The summed E-state index contributed by atoms with van der Waals surface area (Å²) in [6.07, 6.45) is 5.16. The third-order valence-electron chi connectivity index (χ3n) is 4.26. The lowest BCUT2D eigenvalue weighted by molar-refractivity contribution is 0.188. The second kappa shape index (κ2) is 7.38. The topological polar surface area (TPSA) is 32.3 Å². The van der Waals surface area contributed by atoms with E-state index in [1.165, 1.54) is 25.8 Å². The number of rotatable bonds is 7. The highest BCUT2D eigenvalue weighted by Crippen LogP contribution is 2.30. The van der Waals surface area contributed by atoms with Crippen LogP contribution >= 0.6 is 0 Å². The lowest BCUT2D eigenvalue weighted by atomic mass is 9.79. The molecule has 1 fully saturated rings. The van der Waals surface area contributed by atoms with Gasteiger partial charge in [0.1, 0.15) is 0 Å². The fourth-order valence-corrected chi connectivity index (χ4v) is 3.30. The van der Waals surface area contributed by atoms with Crippen LogP contribution in [0, 0.1) is 23.7 Å². The molecule has 2 N–H and O–H groups in total. The first-order chi connectivity index (χ1) is 8.04. The minimum absolute atomic E-state index is 0.332. The SMILES string of the molecule is CC(CC(C(C)C)C1CCCN1)C[C@H](C)CO. The number of aliphatic hydroxyl groups is 1. The highest BCUT2D eigenvalue weighted by atomic mass is 16.3. The molecular weight excluding hydrogens is 210 g/mol. The third-order valence-corrected chi connectivity index (χ3v) is 4.26. The van der Waals surface area contributed by atoms with E-state index in [9.17, 15) is 0 Å². The fourth-order valence-electron chi connectivity index (χ4n) is 3.30. The molecule has 1 aliphatic rings. The summed E-state index contributed by atoms with van der Waals surface area (Å²) in [7, 11) is 0. The van der Waals surface area contributed by atoms with E-state index in [0.717, 1.165) is 30.2 Å². The van der Waals surface area contributed by atoms with Crippen molar-refractivity contribution in [2.45, 2.75) is 59.4 Å². The first kappa shape index (κ1) is 15.0. The summed E-state index contributed by atoms with van der Waals surface area (Å²) in [5.41, 5.74) is 0. The standard InChI is InChI=1S/C15H31NO/c1-11(2)14(15-6-5-7-16-15)9-12(3)8-13(4)10-17/h11-17H,5-10H2,1-4H3/t12?,13-,14?,15?/m0/s1. The van der Waals surface area contributed by atoms with Crippen molar-refractivity contribution >= 4 is 0 Å². The summed E-state index contributed by atoms with van der Waals surface area (Å²) in [4.78, 5) is 0. The molecule has 4 atom stereocenters. The molecule has 17 heavy (non-hydrogen) atoms. The van der Waals surface area contributed by atoms with Gasteiger partial charge in [-0.1, -0.05) is 27.7 Å². The molecule has 1 heterocycles. The Kier molecular flexibility index (Phi) is 6.50. The van der Waals surface area contributed by atoms with Crippen molar-refractivity contribution in [2.75, 3.05) is 13.2 Å². The van der Waals surface area contributed by atoms with Gasteiger partial charge in [-0.15, -0.1) is 0 Å². The van der Waals surface area contributed by atoms with Gasteiger partial charge >= 0.3 is 0 Å². The molecule has 0 spiro atoms. The maximum absolute atomic E-state index is 9.13. The predicted molar refractivity (Wildman–Crippen MR) is 74.0 cm³/mol. The zero-order valence-corrected chi connectivity index (χ0v) is 12.1. The molecule has 0 aromatic carbocycles. The van der Waals surface area contributed by atoms with Crippen LogP contribution in [-0.2, 0) is 0 Å². The van der Waals surface area contributed by atoms with Gasteiger partial charge in [0.25, 0.3) is 0 Å². The van der Waals surface area contributed by atoms with Crippen molar-refractivity contribution < 1.29 is 5.11 Å². The van der Waals surface area contributed by atoms with Gasteiger partial charge < -0.3 is 10.4 Å². The molecule has 0 bridgehead atoms. The van der Waals surface area contributed by atoms with Gasteiger partial charge in [0.05, 0.1) is 0 Å². The van der Waals surface area contributed by atoms with Gasteiger partial charge in [-0.3, -0.25) is 0 Å². The molecule has 1 rings (SSSR count). The minimum Gasteiger partial charge on any atom is -0.396 e. The van der Waals surface area contributed by atoms with Gasteiger partial charge in [0, 0.05) is 12.6 Å². The molecular formula is C15H31NO. The lowest BCUT2D eigenvalue weighted by Gasteiger charge is -2.30. The zero-order valence-electron chi connectivity index (χ0n) is 12.1. The van der Waals surface area contributed by atoms with Crippen LogP contribution in [0.25, 0.3) is 0 Å². The van der Waals surface area contributed by atoms with Crippen molar-refractivity contribution in [1.82, 2.24) is 5.32 Å². The minimum atomic E-state index is 0.332. The Morgan fingerprint density at radius 1 is 1.12 bits per heavy atom. The largest absolute Gasteiger partial charge is 0.396 e. The van der Waals surface area contributed by atoms with Crippen LogP contribution in [0.2, 0.25) is 0 Å². The van der Waals surface area contributed by atoms with E-state index in [2.05, 4.69) is 33.0 Å². The third kappa shape index (κ3) is 4.97. The molecule has 2 nitrogen and oxygen atoms in total. The normalized spacial score (nSPS) is 26.1. The van der Waals surface area contributed by atoms with E-state index < -0.39 is 0 Å². The van der Waals surface area contributed by atoms with Crippen LogP contribution in [0.4, 0.5) is 0 Å². The van der Waals surface area contributed by atoms with Crippen LogP contribution < -0.4 is 5.32 Å². The average molecular weight is 241 g/mol. The number of aliphatic hydroxyl groups excluding tert-OH is 1. The number of hydrogen-bond donors (Lipinski definition) is 2. The molecule has 0 saturated carbocycles. The second-order valence-electron chi connectivity index (χ2n) is 6.48. The number of hydrogen-bond acceptors (Lipinski definition) is 2. The zero-order chi connectivity index (χ0) is 12.8. The Hall–Kier alpha value is -0.0800. The van der Waals surface area contributed by atoms with E-state index in [1.54, 1.807) is 0 Å². The van der Waals surface area contributed by atoms with E-state index >= 15 is 0 Å². The molecule has 0 radical (unpaired) electrons. The molecule has 102 valence electrons. The summed E-state index contributed by atoms with van der Waals surface area (Å²) in [5, 5.41) is 12.8. The second-order valence-corrected chi connectivity index (χ2v) is 6.48. The highest BCUT2D eigenvalue weighted by Gasteiger charge is 2.28. The predicted octanol–water partition coefficient (Wildman–Crippen LogP) is 3.06. The monoisotopic (exact) mass is 241 g/mol. The summed E-state index contributed by atoms with van der Waals surface area (Å²) < 4.78 is 0. The Morgan fingerprint density at radius 2 is 1.82 bits per heavy atom. The average Bonchev–Trinajstić information content (AvgIpc) is 2.78. The molecule has 0 aromatic rings.